The lowest BCUT2D eigenvalue weighted by Crippen LogP contribution is -2.22. The zero-order valence-electron chi connectivity index (χ0n) is 17.5. The van der Waals surface area contributed by atoms with Crippen molar-refractivity contribution >= 4 is 23.5 Å². The van der Waals surface area contributed by atoms with Crippen LogP contribution in [-0.2, 0) is 9.53 Å². The molecule has 0 spiro atoms. The highest BCUT2D eigenvalue weighted by Crippen LogP contribution is 2.23. The lowest BCUT2D eigenvalue weighted by molar-refractivity contribution is -0.119. The molecule has 0 saturated heterocycles. The molecule has 0 bridgehead atoms. The number of hydrogen-bond donors (Lipinski definition) is 2. The average Bonchev–Trinajstić information content (AvgIpc) is 3.23. The van der Waals surface area contributed by atoms with Crippen molar-refractivity contribution in [1.29, 1.82) is 0 Å². The molecule has 0 aliphatic carbocycles. The van der Waals surface area contributed by atoms with Crippen LogP contribution in [0.2, 0.25) is 0 Å². The fraction of sp³-hybridized carbons (Fsp3) is 0.227. The molecule has 2 heterocycles. The van der Waals surface area contributed by atoms with Crippen LogP contribution < -0.4 is 10.6 Å². The van der Waals surface area contributed by atoms with Gasteiger partial charge in [-0.3, -0.25) is 9.59 Å². The van der Waals surface area contributed by atoms with Crippen LogP contribution in [0.4, 0.5) is 5.69 Å². The van der Waals surface area contributed by atoms with E-state index in [1.54, 1.807) is 41.2 Å². The van der Waals surface area contributed by atoms with Crippen LogP contribution in [0.15, 0.2) is 54.9 Å². The van der Waals surface area contributed by atoms with E-state index in [1.807, 2.05) is 19.9 Å². The summed E-state index contributed by atoms with van der Waals surface area (Å²) in [6.45, 7) is 3.38. The van der Waals surface area contributed by atoms with E-state index in [4.69, 9.17) is 4.74 Å². The van der Waals surface area contributed by atoms with Crippen molar-refractivity contribution in [2.45, 2.75) is 19.8 Å². The van der Waals surface area contributed by atoms with E-state index in [2.05, 4.69) is 20.7 Å². The van der Waals surface area contributed by atoms with Gasteiger partial charge in [-0.05, 0) is 36.2 Å². The minimum absolute atomic E-state index is 0.0339. The van der Waals surface area contributed by atoms with Crippen LogP contribution in [0, 0.1) is 0 Å². The Labute approximate surface area is 179 Å². The van der Waals surface area contributed by atoms with E-state index >= 15 is 0 Å². The third kappa shape index (κ3) is 5.13. The van der Waals surface area contributed by atoms with Crippen LogP contribution >= 0.6 is 0 Å². The Bertz CT molecular complexity index is 1090. The largest absolute Gasteiger partial charge is 0.452 e. The molecule has 9 nitrogen and oxygen atoms in total. The van der Waals surface area contributed by atoms with E-state index in [0.717, 1.165) is 0 Å². The van der Waals surface area contributed by atoms with Gasteiger partial charge in [0.2, 0.25) is 0 Å². The second-order valence-corrected chi connectivity index (χ2v) is 6.98. The highest BCUT2D eigenvalue weighted by molar-refractivity contribution is 5.98. The number of pyridine rings is 1. The molecule has 0 aliphatic rings. The van der Waals surface area contributed by atoms with E-state index in [1.165, 1.54) is 19.3 Å². The summed E-state index contributed by atoms with van der Waals surface area (Å²) in [5.74, 6) is -0.897. The van der Waals surface area contributed by atoms with Crippen molar-refractivity contribution in [3.63, 3.8) is 0 Å². The standard InChI is InChI=1S/C22H23N5O4/c1-14(2)20-17(12-25-27(20)18-9-4-5-10-24-18)22(30)31-13-19(28)26-16-8-6-7-15(11-16)21(29)23-3/h4-12,14H,13H2,1-3H3,(H,23,29)(H,26,28). The van der Waals surface area contributed by atoms with Gasteiger partial charge in [0.15, 0.2) is 12.4 Å². The van der Waals surface area contributed by atoms with Gasteiger partial charge < -0.3 is 15.4 Å². The SMILES string of the molecule is CNC(=O)c1cccc(NC(=O)COC(=O)c2cnn(-c3ccccn3)c2C(C)C)c1. The first kappa shape index (κ1) is 21.7. The van der Waals surface area contributed by atoms with Crippen LogP contribution in [0.1, 0.15) is 46.2 Å². The number of nitrogens with zero attached hydrogens (tertiary/aromatic N) is 3. The Hall–Kier alpha value is -4.01. The molecule has 0 fully saturated rings. The van der Waals surface area contributed by atoms with Gasteiger partial charge in [-0.2, -0.15) is 5.10 Å². The molecule has 0 radical (unpaired) electrons. The maximum absolute atomic E-state index is 12.6. The van der Waals surface area contributed by atoms with E-state index in [-0.39, 0.29) is 17.4 Å². The molecule has 31 heavy (non-hydrogen) atoms. The van der Waals surface area contributed by atoms with E-state index < -0.39 is 18.5 Å². The normalized spacial score (nSPS) is 10.6. The van der Waals surface area contributed by atoms with Gasteiger partial charge in [-0.25, -0.2) is 14.5 Å². The topological polar surface area (TPSA) is 115 Å². The monoisotopic (exact) mass is 421 g/mol. The average molecular weight is 421 g/mol. The fourth-order valence-electron chi connectivity index (χ4n) is 3.02. The number of ether oxygens (including phenoxy) is 1. The first-order valence-electron chi connectivity index (χ1n) is 9.69. The van der Waals surface area contributed by atoms with E-state index in [0.29, 0.717) is 22.8 Å². The molecular formula is C22H23N5O4. The third-order valence-corrected chi connectivity index (χ3v) is 4.41. The van der Waals surface area contributed by atoms with Gasteiger partial charge in [-0.15, -0.1) is 0 Å². The van der Waals surface area contributed by atoms with Crippen molar-refractivity contribution in [3.05, 3.63) is 71.7 Å². The van der Waals surface area contributed by atoms with Crippen LogP contribution in [-0.4, -0.2) is 46.2 Å². The van der Waals surface area contributed by atoms with Crippen LogP contribution in [0.3, 0.4) is 0 Å². The number of amides is 2. The Morgan fingerprint density at radius 1 is 1.13 bits per heavy atom. The number of rotatable bonds is 7. The minimum Gasteiger partial charge on any atom is -0.452 e. The molecule has 2 N–H and O–H groups in total. The Morgan fingerprint density at radius 3 is 2.61 bits per heavy atom. The van der Waals surface area contributed by atoms with Crippen molar-refractivity contribution in [3.8, 4) is 5.82 Å². The number of hydrogen-bond acceptors (Lipinski definition) is 6. The number of esters is 1. The lowest BCUT2D eigenvalue weighted by atomic mass is 10.1. The first-order chi connectivity index (χ1) is 14.9. The molecule has 0 atom stereocenters. The second-order valence-electron chi connectivity index (χ2n) is 6.98. The molecule has 160 valence electrons. The van der Waals surface area contributed by atoms with Gasteiger partial charge in [0.05, 0.1) is 11.9 Å². The Kier molecular flexibility index (Phi) is 6.76. The Balaban J connectivity index is 1.68. The summed E-state index contributed by atoms with van der Waals surface area (Å²) in [6.07, 6.45) is 3.06. The zero-order valence-corrected chi connectivity index (χ0v) is 17.5. The number of aromatic nitrogens is 3. The van der Waals surface area contributed by atoms with Crippen LogP contribution in [0.5, 0.6) is 0 Å². The van der Waals surface area contributed by atoms with Gasteiger partial charge in [0.1, 0.15) is 5.56 Å². The molecule has 2 aromatic heterocycles. The molecule has 3 rings (SSSR count). The number of carbonyl (C=O) groups excluding carboxylic acids is 3. The molecule has 2 amide bonds. The maximum atomic E-state index is 12.6. The van der Waals surface area contributed by atoms with Gasteiger partial charge in [-0.1, -0.05) is 26.0 Å². The molecular weight excluding hydrogens is 398 g/mol. The van der Waals surface area contributed by atoms with E-state index in [9.17, 15) is 14.4 Å². The third-order valence-electron chi connectivity index (χ3n) is 4.41. The number of nitrogens with one attached hydrogen (secondary N) is 2. The molecule has 1 aromatic carbocycles. The van der Waals surface area contributed by atoms with Crippen molar-refractivity contribution in [1.82, 2.24) is 20.1 Å². The number of benzene rings is 1. The summed E-state index contributed by atoms with van der Waals surface area (Å²) < 4.78 is 6.79. The van der Waals surface area contributed by atoms with Gasteiger partial charge in [0, 0.05) is 24.5 Å². The van der Waals surface area contributed by atoms with Crippen molar-refractivity contribution < 1.29 is 19.1 Å². The first-order valence-corrected chi connectivity index (χ1v) is 9.69. The summed E-state index contributed by atoms with van der Waals surface area (Å²) in [7, 11) is 1.52. The highest BCUT2D eigenvalue weighted by Gasteiger charge is 2.23. The minimum atomic E-state index is -0.653. The molecule has 0 aliphatic heterocycles. The fourth-order valence-corrected chi connectivity index (χ4v) is 3.02. The summed E-state index contributed by atoms with van der Waals surface area (Å²) in [6, 6.07) is 11.9. The Morgan fingerprint density at radius 2 is 1.94 bits per heavy atom. The molecule has 9 heteroatoms. The molecule has 0 unspecified atom stereocenters. The molecule has 3 aromatic rings. The zero-order chi connectivity index (χ0) is 22.4. The van der Waals surface area contributed by atoms with Gasteiger partial charge in [0.25, 0.3) is 11.8 Å². The predicted molar refractivity (Wildman–Crippen MR) is 114 cm³/mol. The second kappa shape index (κ2) is 9.66. The molecule has 0 saturated carbocycles. The number of anilines is 1. The smallest absolute Gasteiger partial charge is 0.342 e. The quantitative estimate of drug-likeness (QED) is 0.567. The summed E-state index contributed by atoms with van der Waals surface area (Å²) >= 11 is 0. The summed E-state index contributed by atoms with van der Waals surface area (Å²) in [5, 5.41) is 9.40. The predicted octanol–water partition coefficient (Wildman–Crippen LogP) is 2.55. The lowest BCUT2D eigenvalue weighted by Gasteiger charge is -2.12. The van der Waals surface area contributed by atoms with Crippen molar-refractivity contribution in [2.24, 2.45) is 0 Å². The summed E-state index contributed by atoms with van der Waals surface area (Å²) in [4.78, 5) is 40.8. The van der Waals surface area contributed by atoms with Crippen molar-refractivity contribution in [2.75, 3.05) is 19.0 Å². The van der Waals surface area contributed by atoms with Gasteiger partial charge >= 0.3 is 5.97 Å². The van der Waals surface area contributed by atoms with Crippen LogP contribution in [0.25, 0.3) is 5.82 Å². The summed E-state index contributed by atoms with van der Waals surface area (Å²) in [5.41, 5.74) is 1.74. The highest BCUT2D eigenvalue weighted by atomic mass is 16.5. The maximum Gasteiger partial charge on any atom is 0.342 e. The number of carbonyl (C=O) groups is 3.